The molecule has 0 radical (unpaired) electrons. The zero-order chi connectivity index (χ0) is 19.1. The highest BCUT2D eigenvalue weighted by atomic mass is 32.2. The van der Waals surface area contributed by atoms with Crippen molar-refractivity contribution >= 4 is 35.0 Å². The fourth-order valence-electron chi connectivity index (χ4n) is 2.40. The van der Waals surface area contributed by atoms with Gasteiger partial charge in [0.15, 0.2) is 0 Å². The van der Waals surface area contributed by atoms with Crippen LogP contribution in [0.15, 0.2) is 42.5 Å². The second-order valence-electron chi connectivity index (χ2n) is 6.36. The third-order valence-electron chi connectivity index (χ3n) is 4.13. The van der Waals surface area contributed by atoms with Gasteiger partial charge in [-0.05, 0) is 62.1 Å². The number of nitrogens with one attached hydrogen (secondary N) is 2. The standard InChI is InChI=1S/C21H26N2O2S/c1-5-17-8-10-18(11-9-17)22-20(24)13-26-16(4)21(25)23-19-12-14(2)6-7-15(19)3/h6-12,16H,5,13H2,1-4H3,(H,22,24)(H,23,25). The van der Waals surface area contributed by atoms with Gasteiger partial charge in [0, 0.05) is 11.4 Å². The number of anilines is 2. The molecule has 0 saturated heterocycles. The van der Waals surface area contributed by atoms with Crippen LogP contribution in [-0.4, -0.2) is 22.8 Å². The van der Waals surface area contributed by atoms with E-state index in [-0.39, 0.29) is 22.8 Å². The van der Waals surface area contributed by atoms with E-state index in [4.69, 9.17) is 0 Å². The SMILES string of the molecule is CCc1ccc(NC(=O)CSC(C)C(=O)Nc2cc(C)ccc2C)cc1. The molecule has 0 aromatic heterocycles. The van der Waals surface area contributed by atoms with Crippen LogP contribution in [-0.2, 0) is 16.0 Å². The molecule has 2 aromatic rings. The van der Waals surface area contributed by atoms with E-state index in [0.29, 0.717) is 0 Å². The van der Waals surface area contributed by atoms with E-state index >= 15 is 0 Å². The van der Waals surface area contributed by atoms with Gasteiger partial charge in [-0.15, -0.1) is 11.8 Å². The molecule has 0 aliphatic heterocycles. The molecule has 0 aliphatic rings. The predicted octanol–water partition coefficient (Wildman–Crippen LogP) is 4.56. The van der Waals surface area contributed by atoms with E-state index < -0.39 is 0 Å². The second kappa shape index (κ2) is 9.43. The summed E-state index contributed by atoms with van der Waals surface area (Å²) in [5.41, 5.74) is 4.95. The quantitative estimate of drug-likeness (QED) is 0.751. The van der Waals surface area contributed by atoms with Gasteiger partial charge in [0.05, 0.1) is 11.0 Å². The molecule has 0 heterocycles. The Labute approximate surface area is 159 Å². The average Bonchev–Trinajstić information content (AvgIpc) is 2.63. The molecule has 26 heavy (non-hydrogen) atoms. The Kier molecular flexibility index (Phi) is 7.27. The summed E-state index contributed by atoms with van der Waals surface area (Å²) in [5.74, 6) is 0.0335. The lowest BCUT2D eigenvalue weighted by atomic mass is 10.1. The lowest BCUT2D eigenvalue weighted by molar-refractivity contribution is -0.115. The van der Waals surface area contributed by atoms with E-state index in [0.717, 1.165) is 28.9 Å². The Hall–Kier alpha value is -2.27. The predicted molar refractivity (Wildman–Crippen MR) is 111 cm³/mol. The number of carbonyl (C=O) groups excluding carboxylic acids is 2. The fraction of sp³-hybridized carbons (Fsp3) is 0.333. The Morgan fingerprint density at radius 2 is 1.73 bits per heavy atom. The van der Waals surface area contributed by atoms with Crippen LogP contribution >= 0.6 is 11.8 Å². The van der Waals surface area contributed by atoms with Crippen molar-refractivity contribution in [2.45, 2.75) is 39.4 Å². The van der Waals surface area contributed by atoms with Crippen LogP contribution < -0.4 is 10.6 Å². The number of thioether (sulfide) groups is 1. The molecular weight excluding hydrogens is 344 g/mol. The van der Waals surface area contributed by atoms with E-state index in [1.165, 1.54) is 17.3 Å². The summed E-state index contributed by atoms with van der Waals surface area (Å²) in [5, 5.41) is 5.49. The van der Waals surface area contributed by atoms with E-state index in [1.54, 1.807) is 0 Å². The highest BCUT2D eigenvalue weighted by molar-refractivity contribution is 8.01. The van der Waals surface area contributed by atoms with Crippen LogP contribution in [0.5, 0.6) is 0 Å². The number of hydrogen-bond acceptors (Lipinski definition) is 3. The van der Waals surface area contributed by atoms with Crippen molar-refractivity contribution in [3.8, 4) is 0 Å². The number of amides is 2. The maximum atomic E-state index is 12.4. The average molecular weight is 371 g/mol. The summed E-state index contributed by atoms with van der Waals surface area (Å²) >= 11 is 1.32. The Morgan fingerprint density at radius 3 is 2.38 bits per heavy atom. The normalized spacial score (nSPS) is 11.7. The minimum absolute atomic E-state index is 0.0937. The molecule has 0 saturated carbocycles. The summed E-state index contributed by atoms with van der Waals surface area (Å²) in [6.45, 7) is 7.86. The van der Waals surface area contributed by atoms with Gasteiger partial charge in [-0.2, -0.15) is 0 Å². The van der Waals surface area contributed by atoms with Crippen LogP contribution in [0.4, 0.5) is 11.4 Å². The number of aryl methyl sites for hydroxylation is 3. The summed E-state index contributed by atoms with van der Waals surface area (Å²) in [4.78, 5) is 24.4. The Balaban J connectivity index is 1.82. The minimum atomic E-state index is -0.317. The molecule has 1 atom stereocenters. The zero-order valence-corrected chi connectivity index (χ0v) is 16.6. The van der Waals surface area contributed by atoms with Crippen LogP contribution in [0.1, 0.15) is 30.5 Å². The first-order valence-electron chi connectivity index (χ1n) is 8.77. The molecule has 2 aromatic carbocycles. The van der Waals surface area contributed by atoms with Crippen LogP contribution in [0.2, 0.25) is 0 Å². The maximum Gasteiger partial charge on any atom is 0.237 e. The van der Waals surface area contributed by atoms with Crippen LogP contribution in [0.25, 0.3) is 0 Å². The van der Waals surface area contributed by atoms with E-state index in [1.807, 2.05) is 63.2 Å². The second-order valence-corrected chi connectivity index (χ2v) is 7.69. The molecule has 0 bridgehead atoms. The van der Waals surface area contributed by atoms with Gasteiger partial charge >= 0.3 is 0 Å². The molecule has 5 heteroatoms. The zero-order valence-electron chi connectivity index (χ0n) is 15.8. The first kappa shape index (κ1) is 20.0. The van der Waals surface area contributed by atoms with Crippen molar-refractivity contribution in [2.75, 3.05) is 16.4 Å². The highest BCUT2D eigenvalue weighted by Crippen LogP contribution is 2.19. The van der Waals surface area contributed by atoms with Crippen molar-refractivity contribution in [2.24, 2.45) is 0 Å². The molecule has 0 aliphatic carbocycles. The topological polar surface area (TPSA) is 58.2 Å². The van der Waals surface area contributed by atoms with Gasteiger partial charge in [0.1, 0.15) is 0 Å². The van der Waals surface area contributed by atoms with Gasteiger partial charge in [-0.1, -0.05) is 31.2 Å². The van der Waals surface area contributed by atoms with Gasteiger partial charge < -0.3 is 10.6 Å². The highest BCUT2D eigenvalue weighted by Gasteiger charge is 2.16. The number of rotatable bonds is 7. The third-order valence-corrected chi connectivity index (χ3v) is 5.27. The van der Waals surface area contributed by atoms with Crippen molar-refractivity contribution in [3.63, 3.8) is 0 Å². The number of carbonyl (C=O) groups is 2. The van der Waals surface area contributed by atoms with Crippen LogP contribution in [0.3, 0.4) is 0 Å². The molecule has 1 unspecified atom stereocenters. The molecule has 0 fully saturated rings. The summed E-state index contributed by atoms with van der Waals surface area (Å²) in [6.07, 6.45) is 0.969. The first-order valence-corrected chi connectivity index (χ1v) is 9.82. The lowest BCUT2D eigenvalue weighted by Crippen LogP contribution is -2.25. The molecule has 2 rings (SSSR count). The summed E-state index contributed by atoms with van der Waals surface area (Å²) in [6, 6.07) is 13.8. The molecular formula is C21H26N2O2S. The smallest absolute Gasteiger partial charge is 0.237 e. The van der Waals surface area contributed by atoms with Gasteiger partial charge in [0.2, 0.25) is 11.8 Å². The monoisotopic (exact) mass is 370 g/mol. The van der Waals surface area contributed by atoms with Crippen molar-refractivity contribution in [1.82, 2.24) is 0 Å². The third kappa shape index (κ3) is 5.92. The fourth-order valence-corrected chi connectivity index (χ4v) is 3.09. The van der Waals surface area contributed by atoms with Crippen LogP contribution in [0, 0.1) is 13.8 Å². The number of hydrogen-bond donors (Lipinski definition) is 2. The van der Waals surface area contributed by atoms with E-state index in [9.17, 15) is 9.59 Å². The molecule has 4 nitrogen and oxygen atoms in total. The van der Waals surface area contributed by atoms with Gasteiger partial charge in [-0.3, -0.25) is 9.59 Å². The van der Waals surface area contributed by atoms with Crippen molar-refractivity contribution in [1.29, 1.82) is 0 Å². The first-order chi connectivity index (χ1) is 12.4. The van der Waals surface area contributed by atoms with Crippen molar-refractivity contribution < 1.29 is 9.59 Å². The lowest BCUT2D eigenvalue weighted by Gasteiger charge is -2.14. The van der Waals surface area contributed by atoms with E-state index in [2.05, 4.69) is 17.6 Å². The maximum absolute atomic E-state index is 12.4. The summed E-state index contributed by atoms with van der Waals surface area (Å²) in [7, 11) is 0. The van der Waals surface area contributed by atoms with Crippen molar-refractivity contribution in [3.05, 3.63) is 59.2 Å². The Morgan fingerprint density at radius 1 is 1.04 bits per heavy atom. The summed E-state index contributed by atoms with van der Waals surface area (Å²) < 4.78 is 0. The molecule has 2 amide bonds. The van der Waals surface area contributed by atoms with Gasteiger partial charge in [-0.25, -0.2) is 0 Å². The molecule has 2 N–H and O–H groups in total. The largest absolute Gasteiger partial charge is 0.325 e. The minimum Gasteiger partial charge on any atom is -0.325 e. The molecule has 138 valence electrons. The number of benzene rings is 2. The molecule has 0 spiro atoms. The van der Waals surface area contributed by atoms with Gasteiger partial charge in [0.25, 0.3) is 0 Å². The Bertz CT molecular complexity index is 772.